The monoisotopic (exact) mass is 886 g/mol. The first-order chi connectivity index (χ1) is 29.3. The van der Waals surface area contributed by atoms with E-state index in [1.165, 1.54) is 6.07 Å². The van der Waals surface area contributed by atoms with E-state index < -0.39 is 79.8 Å². The molecule has 7 N–H and O–H groups in total. The van der Waals surface area contributed by atoms with Gasteiger partial charge in [0.05, 0.1) is 17.5 Å². The minimum atomic E-state index is -4.67. The molecule has 330 valence electrons. The average Bonchev–Trinajstić information content (AvgIpc) is 3.22. The van der Waals surface area contributed by atoms with E-state index in [1.807, 2.05) is 19.1 Å². The van der Waals surface area contributed by atoms with Gasteiger partial charge in [0.1, 0.15) is 18.1 Å². The first-order valence-corrected chi connectivity index (χ1v) is 20.6. The van der Waals surface area contributed by atoms with Crippen molar-refractivity contribution in [2.24, 2.45) is 5.73 Å². The third-order valence-electron chi connectivity index (χ3n) is 9.60. The highest BCUT2D eigenvalue weighted by Crippen LogP contribution is 2.37. The highest BCUT2D eigenvalue weighted by atomic mass is 31.1. The number of aryl methyl sites for hydroxylation is 1. The maximum atomic E-state index is 14.4. The molecule has 13 nitrogen and oxygen atoms in total. The molecule has 4 aromatic rings. The van der Waals surface area contributed by atoms with Crippen LogP contribution in [0.4, 0.5) is 22.0 Å². The Bertz CT molecular complexity index is 2180. The Hall–Kier alpha value is -6.10. The van der Waals surface area contributed by atoms with Gasteiger partial charge in [0.2, 0.25) is 23.6 Å². The number of carbonyl (C=O) groups is 5. The summed E-state index contributed by atoms with van der Waals surface area (Å²) in [4.78, 5) is 75.1. The van der Waals surface area contributed by atoms with Gasteiger partial charge in [0.25, 0.3) is 5.91 Å². The van der Waals surface area contributed by atoms with Gasteiger partial charge in [-0.3, -0.25) is 24.0 Å². The van der Waals surface area contributed by atoms with Crippen LogP contribution in [-0.2, 0) is 66.2 Å². The van der Waals surface area contributed by atoms with E-state index in [2.05, 4.69) is 25.8 Å². The Morgan fingerprint density at radius 3 is 1.84 bits per heavy atom. The summed E-state index contributed by atoms with van der Waals surface area (Å²) in [5, 5.41) is 10.4. The van der Waals surface area contributed by atoms with E-state index in [4.69, 9.17) is 10.6 Å². The molecule has 4 aromatic carbocycles. The largest absolute Gasteiger partial charge is 0.701 e. The fraction of sp³-hybridized carbons (Fsp3) is 0.326. The summed E-state index contributed by atoms with van der Waals surface area (Å²) >= 11 is 0. The molecule has 4 unspecified atom stereocenters. The van der Waals surface area contributed by atoms with Crippen LogP contribution in [0.2, 0.25) is 0 Å². The molecule has 0 fully saturated rings. The number of halogens is 5. The van der Waals surface area contributed by atoms with Gasteiger partial charge < -0.3 is 27.0 Å². The number of hydrogen-bond acceptors (Lipinski definition) is 7. The van der Waals surface area contributed by atoms with Crippen molar-refractivity contribution in [3.8, 4) is 0 Å². The lowest BCUT2D eigenvalue weighted by atomic mass is 10.0. The summed E-state index contributed by atoms with van der Waals surface area (Å²) < 4.78 is 83.5. The molecule has 0 spiro atoms. The van der Waals surface area contributed by atoms with Crippen LogP contribution in [0.25, 0.3) is 0 Å². The summed E-state index contributed by atoms with van der Waals surface area (Å²) in [6, 6.07) is 19.5. The summed E-state index contributed by atoms with van der Waals surface area (Å²) in [5.41, 5.74) is 6.18. The highest BCUT2D eigenvalue weighted by Gasteiger charge is 2.43. The van der Waals surface area contributed by atoms with Gasteiger partial charge >= 0.3 is 20.5 Å². The molecule has 4 atom stereocenters. The number of alkyl halides is 5. The van der Waals surface area contributed by atoms with E-state index in [1.54, 1.807) is 42.5 Å². The summed E-state index contributed by atoms with van der Waals surface area (Å²) in [7, 11) is -3.67. The Kier molecular flexibility index (Phi) is 17.7. The molecule has 62 heavy (non-hydrogen) atoms. The van der Waals surface area contributed by atoms with Crippen LogP contribution in [-0.4, -0.2) is 59.1 Å². The smallest absolute Gasteiger partial charge is 0.368 e. The number of nitrogens with one attached hydrogen (secondary N) is 4. The van der Waals surface area contributed by atoms with Crippen LogP contribution in [0.3, 0.4) is 0 Å². The molecule has 0 heterocycles. The fourth-order valence-electron chi connectivity index (χ4n) is 6.28. The van der Waals surface area contributed by atoms with Crippen molar-refractivity contribution in [3.63, 3.8) is 0 Å². The minimum absolute atomic E-state index is 0.0142. The third kappa shape index (κ3) is 15.4. The van der Waals surface area contributed by atoms with E-state index in [-0.39, 0.29) is 42.8 Å². The number of primary amides is 1. The van der Waals surface area contributed by atoms with Crippen molar-refractivity contribution in [2.45, 2.75) is 82.3 Å². The molecular formula is C43H46F5N5O8P+. The van der Waals surface area contributed by atoms with Crippen LogP contribution in [0.15, 0.2) is 103 Å². The minimum Gasteiger partial charge on any atom is -0.368 e. The Morgan fingerprint density at radius 2 is 1.26 bits per heavy atom. The molecule has 0 bridgehead atoms. The Labute approximate surface area is 354 Å². The molecule has 0 aliphatic heterocycles. The summed E-state index contributed by atoms with van der Waals surface area (Å²) in [6.07, 6.45) is -8.30. The van der Waals surface area contributed by atoms with Crippen molar-refractivity contribution in [3.05, 3.63) is 142 Å². The van der Waals surface area contributed by atoms with Crippen molar-refractivity contribution >= 4 is 37.8 Å². The maximum absolute atomic E-state index is 14.4. The van der Waals surface area contributed by atoms with Crippen LogP contribution in [0.5, 0.6) is 0 Å². The zero-order chi connectivity index (χ0) is 45.5. The number of rotatable bonds is 22. The van der Waals surface area contributed by atoms with Crippen molar-refractivity contribution in [1.29, 1.82) is 0 Å². The molecule has 19 heteroatoms. The second-order valence-corrected chi connectivity index (χ2v) is 14.9. The highest BCUT2D eigenvalue weighted by molar-refractivity contribution is 7.32. The van der Waals surface area contributed by atoms with Crippen LogP contribution in [0, 0.1) is 0 Å². The second kappa shape index (κ2) is 22.7. The standard InChI is InChI=1S/C43H45F5N5O8P/c1-2-27-14-18-31(19-15-27)39(56)50-22-7-6-13-34(38(49)55)52-41(58)36(25-29-16-20-32(21-17-29)43(47,48)61-62(59)60)53-40(57)35(24-28-9-4-3-5-10-28)51-37(54)26-30-11-8-12-33(23-30)42(44,45)46/h3-5,8-12,14-21,23,34-36H,2,6-7,13,22,24-26H2,1H3,(H6-,49,50,51,52,53,54,55,56,57,58,59,60)/p+1. The lowest BCUT2D eigenvalue weighted by molar-refractivity contribution is -0.186. The van der Waals surface area contributed by atoms with Crippen molar-refractivity contribution in [1.82, 2.24) is 21.3 Å². The maximum Gasteiger partial charge on any atom is 0.701 e. The van der Waals surface area contributed by atoms with E-state index in [0.717, 1.165) is 54.4 Å². The number of nitrogens with two attached hydrogens (primary N) is 1. The predicted octanol–water partition coefficient (Wildman–Crippen LogP) is 5.55. The Morgan fingerprint density at radius 1 is 0.694 bits per heavy atom. The lowest BCUT2D eigenvalue weighted by Gasteiger charge is -2.25. The summed E-state index contributed by atoms with van der Waals surface area (Å²) in [5.74, 6) is -3.86. The predicted molar refractivity (Wildman–Crippen MR) is 217 cm³/mol. The van der Waals surface area contributed by atoms with Gasteiger partial charge in [0.15, 0.2) is 0 Å². The zero-order valence-electron chi connectivity index (χ0n) is 33.4. The van der Waals surface area contributed by atoms with Gasteiger partial charge in [-0.15, -0.1) is 4.89 Å². The fourth-order valence-corrected chi connectivity index (χ4v) is 6.58. The van der Waals surface area contributed by atoms with E-state index >= 15 is 0 Å². The molecule has 5 amide bonds. The molecule has 0 aliphatic rings. The Balaban J connectivity index is 1.52. The second-order valence-electron chi connectivity index (χ2n) is 14.3. The van der Waals surface area contributed by atoms with Gasteiger partial charge in [-0.05, 0) is 82.8 Å². The van der Waals surface area contributed by atoms with Crippen LogP contribution < -0.4 is 27.0 Å². The normalized spacial score (nSPS) is 13.2. The number of unbranched alkanes of at least 4 members (excludes halogenated alkanes) is 1. The van der Waals surface area contributed by atoms with E-state index in [0.29, 0.717) is 24.0 Å². The third-order valence-corrected chi connectivity index (χ3v) is 9.98. The van der Waals surface area contributed by atoms with Gasteiger partial charge in [-0.1, -0.05) is 79.7 Å². The molecule has 0 aromatic heterocycles. The molecule has 0 aliphatic carbocycles. The first-order valence-electron chi connectivity index (χ1n) is 19.4. The van der Waals surface area contributed by atoms with Crippen molar-refractivity contribution in [2.75, 3.05) is 6.54 Å². The van der Waals surface area contributed by atoms with Gasteiger partial charge in [-0.25, -0.2) is 0 Å². The van der Waals surface area contributed by atoms with Gasteiger partial charge in [-0.2, -0.15) is 22.0 Å². The number of hydrogen-bond donors (Lipinski definition) is 6. The molecular weight excluding hydrogens is 840 g/mol. The summed E-state index contributed by atoms with van der Waals surface area (Å²) in [6.45, 7) is 2.23. The zero-order valence-corrected chi connectivity index (χ0v) is 34.3. The SMILES string of the molecule is CCc1ccc(C(=O)NCCCCC(NC(=O)C(Cc2ccc(C(F)(F)O[P+](=O)O)cc2)NC(=O)C(Cc2ccccc2)NC(=O)Cc2cccc(C(F)(F)F)c2)C(N)=O)cc1. The van der Waals surface area contributed by atoms with E-state index in [9.17, 15) is 50.5 Å². The van der Waals surface area contributed by atoms with Crippen LogP contribution >= 0.6 is 8.25 Å². The topological polar surface area (TPSA) is 206 Å². The molecule has 4 rings (SSSR count). The molecule has 0 saturated carbocycles. The molecule has 0 saturated heterocycles. The van der Waals surface area contributed by atoms with Crippen LogP contribution in [0.1, 0.15) is 69.9 Å². The number of amides is 5. The number of carbonyl (C=O) groups excluding carboxylic acids is 5. The molecule has 0 radical (unpaired) electrons. The number of benzene rings is 4. The van der Waals surface area contributed by atoms with Crippen molar-refractivity contribution < 1.29 is 59.9 Å². The van der Waals surface area contributed by atoms with Gasteiger partial charge in [0, 0.05) is 29.5 Å². The first kappa shape index (κ1) is 48.6. The quantitative estimate of drug-likeness (QED) is 0.0335. The lowest BCUT2D eigenvalue weighted by Crippen LogP contribution is -2.57. The average molecular weight is 887 g/mol.